The average Bonchev–Trinajstić information content (AvgIpc) is 2.57. The SMILES string of the molecule is CC1CN(CC(O)Cn2cc(N)cn2)CCCO1. The number of anilines is 1. The number of aliphatic hydroxyl groups is 1. The van der Waals surface area contributed by atoms with E-state index in [-0.39, 0.29) is 6.10 Å². The molecule has 1 fully saturated rings. The van der Waals surface area contributed by atoms with Gasteiger partial charge in [0.25, 0.3) is 0 Å². The number of hydrogen-bond donors (Lipinski definition) is 2. The Hall–Kier alpha value is -1.11. The summed E-state index contributed by atoms with van der Waals surface area (Å²) in [6.07, 6.45) is 4.15. The first-order chi connectivity index (χ1) is 8.63. The molecule has 0 radical (unpaired) electrons. The number of nitrogens with two attached hydrogens (primary N) is 1. The summed E-state index contributed by atoms with van der Waals surface area (Å²) in [5.74, 6) is 0. The molecule has 1 aliphatic heterocycles. The van der Waals surface area contributed by atoms with Gasteiger partial charge < -0.3 is 15.6 Å². The molecule has 0 bridgehead atoms. The van der Waals surface area contributed by atoms with E-state index in [9.17, 15) is 5.11 Å². The van der Waals surface area contributed by atoms with Crippen molar-refractivity contribution in [3.63, 3.8) is 0 Å². The lowest BCUT2D eigenvalue weighted by molar-refractivity contribution is 0.0526. The van der Waals surface area contributed by atoms with E-state index in [1.165, 1.54) is 0 Å². The summed E-state index contributed by atoms with van der Waals surface area (Å²) in [5.41, 5.74) is 6.21. The van der Waals surface area contributed by atoms with Gasteiger partial charge in [-0.1, -0.05) is 0 Å². The van der Waals surface area contributed by atoms with E-state index in [1.807, 2.05) is 0 Å². The van der Waals surface area contributed by atoms with Crippen LogP contribution in [-0.2, 0) is 11.3 Å². The fraction of sp³-hybridized carbons (Fsp3) is 0.750. The number of ether oxygens (including phenoxy) is 1. The fourth-order valence-corrected chi connectivity index (χ4v) is 2.30. The van der Waals surface area contributed by atoms with Gasteiger partial charge >= 0.3 is 0 Å². The van der Waals surface area contributed by atoms with Gasteiger partial charge in [-0.15, -0.1) is 0 Å². The van der Waals surface area contributed by atoms with Crippen molar-refractivity contribution in [3.05, 3.63) is 12.4 Å². The van der Waals surface area contributed by atoms with E-state index in [4.69, 9.17) is 10.5 Å². The van der Waals surface area contributed by atoms with Gasteiger partial charge in [0.1, 0.15) is 0 Å². The molecule has 102 valence electrons. The molecule has 3 N–H and O–H groups in total. The summed E-state index contributed by atoms with van der Waals surface area (Å²) in [5, 5.41) is 14.1. The van der Waals surface area contributed by atoms with Crippen LogP contribution in [0.15, 0.2) is 12.4 Å². The van der Waals surface area contributed by atoms with Crippen LogP contribution in [0.4, 0.5) is 5.69 Å². The number of nitrogen functional groups attached to an aromatic ring is 1. The van der Waals surface area contributed by atoms with Gasteiger partial charge in [-0.2, -0.15) is 5.10 Å². The lowest BCUT2D eigenvalue weighted by atomic mass is 10.2. The van der Waals surface area contributed by atoms with Crippen LogP contribution >= 0.6 is 0 Å². The number of aromatic nitrogens is 2. The second kappa shape index (κ2) is 6.17. The molecule has 1 saturated heterocycles. The lowest BCUT2D eigenvalue weighted by Gasteiger charge is -2.24. The molecule has 6 nitrogen and oxygen atoms in total. The van der Waals surface area contributed by atoms with Crippen LogP contribution in [0.5, 0.6) is 0 Å². The maximum atomic E-state index is 10.1. The number of hydrogen-bond acceptors (Lipinski definition) is 5. The second-order valence-electron chi connectivity index (χ2n) is 4.94. The molecular weight excluding hydrogens is 232 g/mol. The molecule has 2 unspecified atom stereocenters. The van der Waals surface area contributed by atoms with E-state index in [1.54, 1.807) is 17.1 Å². The van der Waals surface area contributed by atoms with Crippen molar-refractivity contribution in [2.45, 2.75) is 32.1 Å². The molecule has 0 saturated carbocycles. The third-order valence-corrected chi connectivity index (χ3v) is 3.06. The first kappa shape index (κ1) is 13.3. The molecule has 1 aromatic heterocycles. The highest BCUT2D eigenvalue weighted by Gasteiger charge is 2.18. The highest BCUT2D eigenvalue weighted by Crippen LogP contribution is 2.07. The van der Waals surface area contributed by atoms with E-state index < -0.39 is 6.10 Å². The minimum Gasteiger partial charge on any atom is -0.396 e. The molecule has 0 spiro atoms. The molecule has 0 aliphatic carbocycles. The largest absolute Gasteiger partial charge is 0.396 e. The van der Waals surface area contributed by atoms with E-state index >= 15 is 0 Å². The van der Waals surface area contributed by atoms with Crippen molar-refractivity contribution in [2.75, 3.05) is 32.0 Å². The molecule has 1 aromatic rings. The summed E-state index contributed by atoms with van der Waals surface area (Å²) in [6.45, 7) is 5.85. The van der Waals surface area contributed by atoms with Crippen LogP contribution in [-0.4, -0.2) is 58.2 Å². The average molecular weight is 254 g/mol. The van der Waals surface area contributed by atoms with E-state index in [2.05, 4.69) is 16.9 Å². The van der Waals surface area contributed by atoms with Gasteiger partial charge in [-0.05, 0) is 13.3 Å². The molecule has 0 amide bonds. The Labute approximate surface area is 107 Å². The highest BCUT2D eigenvalue weighted by molar-refractivity contribution is 5.30. The Morgan fingerprint density at radius 3 is 3.17 bits per heavy atom. The lowest BCUT2D eigenvalue weighted by Crippen LogP contribution is -2.38. The Morgan fingerprint density at radius 2 is 2.44 bits per heavy atom. The fourth-order valence-electron chi connectivity index (χ4n) is 2.30. The third-order valence-electron chi connectivity index (χ3n) is 3.06. The van der Waals surface area contributed by atoms with Gasteiger partial charge in [0.05, 0.1) is 30.6 Å². The van der Waals surface area contributed by atoms with E-state index in [0.29, 0.717) is 18.8 Å². The Bertz CT molecular complexity index is 369. The first-order valence-electron chi connectivity index (χ1n) is 6.43. The maximum Gasteiger partial charge on any atom is 0.0862 e. The second-order valence-corrected chi connectivity index (χ2v) is 4.94. The normalized spacial score (nSPS) is 23.8. The third kappa shape index (κ3) is 3.97. The van der Waals surface area contributed by atoms with E-state index in [0.717, 1.165) is 26.1 Å². The molecule has 6 heteroatoms. The zero-order chi connectivity index (χ0) is 13.0. The molecule has 18 heavy (non-hydrogen) atoms. The van der Waals surface area contributed by atoms with Crippen molar-refractivity contribution < 1.29 is 9.84 Å². The summed E-state index contributed by atoms with van der Waals surface area (Å²) < 4.78 is 7.26. The Morgan fingerprint density at radius 1 is 1.61 bits per heavy atom. The standard InChI is InChI=1S/C12H22N4O2/c1-10-6-15(3-2-4-18-10)8-12(17)9-16-7-11(13)5-14-16/h5,7,10,12,17H,2-4,6,8-9,13H2,1H3. The molecule has 2 atom stereocenters. The Balaban J connectivity index is 1.80. The number of nitrogens with zero attached hydrogens (tertiary/aromatic N) is 3. The van der Waals surface area contributed by atoms with Gasteiger partial charge in [0.15, 0.2) is 0 Å². The molecule has 2 rings (SSSR count). The van der Waals surface area contributed by atoms with Crippen molar-refractivity contribution in [1.82, 2.24) is 14.7 Å². The first-order valence-corrected chi connectivity index (χ1v) is 6.43. The minimum absolute atomic E-state index is 0.236. The van der Waals surface area contributed by atoms with Crippen LogP contribution in [0.3, 0.4) is 0 Å². The van der Waals surface area contributed by atoms with Crippen molar-refractivity contribution >= 4 is 5.69 Å². The number of aliphatic hydroxyl groups excluding tert-OH is 1. The van der Waals surface area contributed by atoms with Gasteiger partial charge in [0.2, 0.25) is 0 Å². The molecule has 0 aromatic carbocycles. The zero-order valence-corrected chi connectivity index (χ0v) is 10.8. The monoisotopic (exact) mass is 254 g/mol. The zero-order valence-electron chi connectivity index (χ0n) is 10.8. The highest BCUT2D eigenvalue weighted by atomic mass is 16.5. The molecular formula is C12H22N4O2. The maximum absolute atomic E-state index is 10.1. The van der Waals surface area contributed by atoms with Gasteiger partial charge in [-0.3, -0.25) is 9.58 Å². The summed E-state index contributed by atoms with van der Waals surface area (Å²) in [7, 11) is 0. The minimum atomic E-state index is -0.436. The predicted molar refractivity (Wildman–Crippen MR) is 69.1 cm³/mol. The number of β-amino-alcohol motifs (C(OH)–C–C–N with tert-alkyl or cyclic N) is 1. The van der Waals surface area contributed by atoms with Crippen molar-refractivity contribution in [2.24, 2.45) is 0 Å². The predicted octanol–water partition coefficient (Wildman–Crippen LogP) is -0.0630. The van der Waals surface area contributed by atoms with Crippen molar-refractivity contribution in [1.29, 1.82) is 0 Å². The van der Waals surface area contributed by atoms with Gasteiger partial charge in [0, 0.05) is 32.4 Å². The van der Waals surface area contributed by atoms with Crippen molar-refractivity contribution in [3.8, 4) is 0 Å². The summed E-state index contributed by atoms with van der Waals surface area (Å²) in [4.78, 5) is 2.25. The summed E-state index contributed by atoms with van der Waals surface area (Å²) in [6, 6.07) is 0. The van der Waals surface area contributed by atoms with Crippen LogP contribution in [0.1, 0.15) is 13.3 Å². The topological polar surface area (TPSA) is 76.5 Å². The number of rotatable bonds is 4. The van der Waals surface area contributed by atoms with Crippen LogP contribution < -0.4 is 5.73 Å². The Kier molecular flexibility index (Phi) is 4.57. The molecule has 2 heterocycles. The quantitative estimate of drug-likeness (QED) is 0.787. The summed E-state index contributed by atoms with van der Waals surface area (Å²) >= 11 is 0. The van der Waals surface area contributed by atoms with Gasteiger partial charge in [-0.25, -0.2) is 0 Å². The smallest absolute Gasteiger partial charge is 0.0862 e. The van der Waals surface area contributed by atoms with Crippen LogP contribution in [0, 0.1) is 0 Å². The van der Waals surface area contributed by atoms with Crippen LogP contribution in [0.2, 0.25) is 0 Å². The van der Waals surface area contributed by atoms with Crippen LogP contribution in [0.25, 0.3) is 0 Å². The molecule has 1 aliphatic rings.